The lowest BCUT2D eigenvalue weighted by Gasteiger charge is -2.36. The lowest BCUT2D eigenvalue weighted by atomic mass is 10.1. The molecule has 1 aromatic carbocycles. The first-order valence-corrected chi connectivity index (χ1v) is 7.21. The molecule has 2 rings (SSSR count). The maximum absolute atomic E-state index is 12.6. The number of aryl methyl sites for hydroxylation is 1. The first-order valence-electron chi connectivity index (χ1n) is 6.68. The highest BCUT2D eigenvalue weighted by molar-refractivity contribution is 6.18. The summed E-state index contributed by atoms with van der Waals surface area (Å²) in [4.78, 5) is 24.6. The van der Waals surface area contributed by atoms with E-state index in [1.165, 1.54) is 12.1 Å². The van der Waals surface area contributed by atoms with Crippen LogP contribution in [0, 0.1) is 17.0 Å². The zero-order valence-corrected chi connectivity index (χ0v) is 12.7. The number of amides is 1. The van der Waals surface area contributed by atoms with Gasteiger partial charge in [0, 0.05) is 30.8 Å². The number of carbonyl (C=O) groups is 1. The van der Waals surface area contributed by atoms with Crippen molar-refractivity contribution in [2.24, 2.45) is 0 Å². The molecule has 1 heterocycles. The molecular formula is C14H17ClN2O4. The van der Waals surface area contributed by atoms with E-state index in [0.29, 0.717) is 30.1 Å². The number of nitro benzene ring substituents is 1. The van der Waals surface area contributed by atoms with Gasteiger partial charge in [0.2, 0.25) is 0 Å². The fraction of sp³-hybridized carbons (Fsp3) is 0.500. The molecule has 114 valence electrons. The number of hydrogen-bond acceptors (Lipinski definition) is 4. The zero-order valence-electron chi connectivity index (χ0n) is 11.9. The van der Waals surface area contributed by atoms with Gasteiger partial charge in [0.05, 0.1) is 23.0 Å². The van der Waals surface area contributed by atoms with Gasteiger partial charge in [0.15, 0.2) is 0 Å². The molecule has 21 heavy (non-hydrogen) atoms. The van der Waals surface area contributed by atoms with Crippen molar-refractivity contribution >= 4 is 23.2 Å². The molecule has 0 radical (unpaired) electrons. The van der Waals surface area contributed by atoms with Crippen LogP contribution in [-0.2, 0) is 4.74 Å². The molecule has 1 aliphatic rings. The van der Waals surface area contributed by atoms with E-state index < -0.39 is 4.92 Å². The summed E-state index contributed by atoms with van der Waals surface area (Å²) in [5.41, 5.74) is 0.984. The number of ether oxygens (including phenoxy) is 1. The third-order valence-electron chi connectivity index (χ3n) is 3.45. The fourth-order valence-corrected chi connectivity index (χ4v) is 2.59. The summed E-state index contributed by atoms with van der Waals surface area (Å²) in [5, 5.41) is 10.9. The van der Waals surface area contributed by atoms with Crippen LogP contribution in [0.4, 0.5) is 5.69 Å². The van der Waals surface area contributed by atoms with Gasteiger partial charge in [-0.15, -0.1) is 11.6 Å². The van der Waals surface area contributed by atoms with Crippen LogP contribution >= 0.6 is 11.6 Å². The Labute approximate surface area is 127 Å². The second kappa shape index (κ2) is 6.41. The number of nitrogens with zero attached hydrogens (tertiary/aromatic N) is 2. The molecule has 2 unspecified atom stereocenters. The second-order valence-corrected chi connectivity index (χ2v) is 5.50. The third kappa shape index (κ3) is 3.51. The summed E-state index contributed by atoms with van der Waals surface area (Å²) < 4.78 is 5.61. The summed E-state index contributed by atoms with van der Waals surface area (Å²) in [6.07, 6.45) is -0.316. The van der Waals surface area contributed by atoms with Gasteiger partial charge in [-0.25, -0.2) is 0 Å². The van der Waals surface area contributed by atoms with Crippen molar-refractivity contribution in [1.29, 1.82) is 0 Å². The number of rotatable bonds is 3. The number of non-ortho nitro benzene ring substituents is 1. The van der Waals surface area contributed by atoms with Gasteiger partial charge in [-0.1, -0.05) is 6.07 Å². The number of nitro groups is 1. The zero-order chi connectivity index (χ0) is 15.6. The van der Waals surface area contributed by atoms with E-state index in [2.05, 4.69) is 0 Å². The fourth-order valence-electron chi connectivity index (χ4n) is 2.42. The van der Waals surface area contributed by atoms with Gasteiger partial charge >= 0.3 is 0 Å². The molecule has 0 aliphatic carbocycles. The van der Waals surface area contributed by atoms with E-state index in [1.807, 2.05) is 6.92 Å². The van der Waals surface area contributed by atoms with Gasteiger partial charge < -0.3 is 9.64 Å². The van der Waals surface area contributed by atoms with E-state index in [-0.39, 0.29) is 23.8 Å². The normalized spacial score (nSPS) is 22.1. The van der Waals surface area contributed by atoms with Crippen LogP contribution in [0.15, 0.2) is 18.2 Å². The van der Waals surface area contributed by atoms with E-state index in [9.17, 15) is 14.9 Å². The molecule has 0 N–H and O–H groups in total. The van der Waals surface area contributed by atoms with Crippen molar-refractivity contribution in [3.8, 4) is 0 Å². The molecule has 0 bridgehead atoms. The van der Waals surface area contributed by atoms with E-state index in [4.69, 9.17) is 16.3 Å². The minimum atomic E-state index is -0.500. The Morgan fingerprint density at radius 2 is 2.24 bits per heavy atom. The van der Waals surface area contributed by atoms with E-state index in [0.717, 1.165) is 0 Å². The standard InChI is InChI=1S/C14H17ClN2O4/c1-9-3-4-11(17(19)20)5-13(9)14(18)16-7-10(2)21-12(6-15)8-16/h3-5,10,12H,6-8H2,1-2H3. The molecule has 1 fully saturated rings. The number of alkyl halides is 1. The number of benzene rings is 1. The van der Waals surface area contributed by atoms with Crippen LogP contribution in [0.2, 0.25) is 0 Å². The maximum atomic E-state index is 12.6. The molecule has 0 saturated carbocycles. The number of carbonyl (C=O) groups excluding carboxylic acids is 1. The summed E-state index contributed by atoms with van der Waals surface area (Å²) in [7, 11) is 0. The number of morpholine rings is 1. The van der Waals surface area contributed by atoms with Crippen LogP contribution in [0.3, 0.4) is 0 Å². The van der Waals surface area contributed by atoms with Crippen LogP contribution in [-0.4, -0.2) is 46.9 Å². The average molecular weight is 313 g/mol. The Morgan fingerprint density at radius 3 is 2.86 bits per heavy atom. The predicted octanol–water partition coefficient (Wildman–Crippen LogP) is 2.37. The van der Waals surface area contributed by atoms with Gasteiger partial charge in [-0.3, -0.25) is 14.9 Å². The number of halogens is 1. The van der Waals surface area contributed by atoms with Crippen molar-refractivity contribution in [2.45, 2.75) is 26.1 Å². The quantitative estimate of drug-likeness (QED) is 0.488. The lowest BCUT2D eigenvalue weighted by molar-refractivity contribution is -0.384. The average Bonchev–Trinajstić information content (AvgIpc) is 2.46. The minimum absolute atomic E-state index is 0.0841. The Morgan fingerprint density at radius 1 is 1.52 bits per heavy atom. The first kappa shape index (κ1) is 15.7. The highest BCUT2D eigenvalue weighted by Crippen LogP contribution is 2.21. The molecule has 1 aromatic rings. The third-order valence-corrected chi connectivity index (χ3v) is 3.79. The Balaban J connectivity index is 2.26. The largest absolute Gasteiger partial charge is 0.370 e. The highest BCUT2D eigenvalue weighted by Gasteiger charge is 2.29. The van der Waals surface area contributed by atoms with Crippen molar-refractivity contribution < 1.29 is 14.5 Å². The molecule has 0 aromatic heterocycles. The molecule has 6 nitrogen and oxygen atoms in total. The van der Waals surface area contributed by atoms with Crippen LogP contribution in [0.25, 0.3) is 0 Å². The highest BCUT2D eigenvalue weighted by atomic mass is 35.5. The maximum Gasteiger partial charge on any atom is 0.270 e. The molecule has 1 amide bonds. The Bertz CT molecular complexity index is 564. The molecule has 0 spiro atoms. The SMILES string of the molecule is Cc1ccc([N+](=O)[O-])cc1C(=O)N1CC(C)OC(CCl)C1. The molecule has 1 aliphatic heterocycles. The molecule has 2 atom stereocenters. The summed E-state index contributed by atoms with van der Waals surface area (Å²) in [6.45, 7) is 4.49. The van der Waals surface area contributed by atoms with Crippen molar-refractivity contribution in [3.05, 3.63) is 39.4 Å². The van der Waals surface area contributed by atoms with Gasteiger partial charge in [-0.2, -0.15) is 0 Å². The van der Waals surface area contributed by atoms with E-state index in [1.54, 1.807) is 17.9 Å². The monoisotopic (exact) mass is 312 g/mol. The smallest absolute Gasteiger partial charge is 0.270 e. The van der Waals surface area contributed by atoms with E-state index >= 15 is 0 Å². The Kier molecular flexibility index (Phi) is 4.80. The van der Waals surface area contributed by atoms with Gasteiger partial charge in [0.25, 0.3) is 11.6 Å². The topological polar surface area (TPSA) is 72.7 Å². The van der Waals surface area contributed by atoms with Crippen molar-refractivity contribution in [1.82, 2.24) is 4.90 Å². The first-order chi connectivity index (χ1) is 9.92. The second-order valence-electron chi connectivity index (χ2n) is 5.19. The minimum Gasteiger partial charge on any atom is -0.370 e. The number of hydrogen-bond donors (Lipinski definition) is 0. The van der Waals surface area contributed by atoms with Crippen LogP contribution in [0.1, 0.15) is 22.8 Å². The molecular weight excluding hydrogens is 296 g/mol. The molecule has 1 saturated heterocycles. The molecule has 7 heteroatoms. The van der Waals surface area contributed by atoms with Crippen molar-refractivity contribution in [2.75, 3.05) is 19.0 Å². The van der Waals surface area contributed by atoms with Gasteiger partial charge in [-0.05, 0) is 19.4 Å². The summed E-state index contributed by atoms with van der Waals surface area (Å²) in [5.74, 6) is 0.0867. The van der Waals surface area contributed by atoms with Crippen LogP contribution < -0.4 is 0 Å². The lowest BCUT2D eigenvalue weighted by Crippen LogP contribution is -2.49. The Hall–Kier alpha value is -1.66. The van der Waals surface area contributed by atoms with Crippen molar-refractivity contribution in [3.63, 3.8) is 0 Å². The predicted molar refractivity (Wildman–Crippen MR) is 78.8 cm³/mol. The summed E-state index contributed by atoms with van der Waals surface area (Å²) >= 11 is 5.81. The summed E-state index contributed by atoms with van der Waals surface area (Å²) in [6, 6.07) is 4.32. The van der Waals surface area contributed by atoms with Gasteiger partial charge in [0.1, 0.15) is 0 Å². The van der Waals surface area contributed by atoms with Crippen LogP contribution in [0.5, 0.6) is 0 Å².